The average Bonchev–Trinajstić information content (AvgIpc) is 2.90. The lowest BCUT2D eigenvalue weighted by atomic mass is 9.82. The highest BCUT2D eigenvalue weighted by Crippen LogP contribution is 2.38. The predicted molar refractivity (Wildman–Crippen MR) is 102 cm³/mol. The minimum absolute atomic E-state index is 0.150. The molecule has 0 saturated heterocycles. The summed E-state index contributed by atoms with van der Waals surface area (Å²) in [5.41, 5.74) is 10.0. The van der Waals surface area contributed by atoms with Crippen molar-refractivity contribution in [2.75, 3.05) is 12.3 Å². The Bertz CT molecular complexity index is 1030. The second-order valence-electron chi connectivity index (χ2n) is 7.36. The van der Waals surface area contributed by atoms with Crippen molar-refractivity contribution in [2.45, 2.75) is 19.3 Å². The molecule has 2 heterocycles. The number of H-pyrrole nitrogens is 1. The van der Waals surface area contributed by atoms with Gasteiger partial charge in [0, 0.05) is 46.0 Å². The number of nitrogens with one attached hydrogen (secondary N) is 1. The third kappa shape index (κ3) is 2.65. The van der Waals surface area contributed by atoms with Crippen LogP contribution < -0.4 is 5.73 Å². The summed E-state index contributed by atoms with van der Waals surface area (Å²) in [7, 11) is 0. The Labute approximate surface area is 151 Å². The van der Waals surface area contributed by atoms with Gasteiger partial charge in [0.1, 0.15) is 5.82 Å². The first-order valence-electron chi connectivity index (χ1n) is 8.51. The smallest absolute Gasteiger partial charge is 0.257 e. The van der Waals surface area contributed by atoms with Gasteiger partial charge in [-0.1, -0.05) is 13.8 Å². The quantitative estimate of drug-likeness (QED) is 0.644. The first kappa shape index (κ1) is 16.4. The Morgan fingerprint density at radius 2 is 1.92 bits per heavy atom. The third-order valence-electron chi connectivity index (χ3n) is 4.87. The highest BCUT2D eigenvalue weighted by molar-refractivity contribution is 5.96. The van der Waals surface area contributed by atoms with Crippen LogP contribution in [0, 0.1) is 5.82 Å². The molecule has 3 aromatic rings. The molecule has 2 aromatic carbocycles. The molecule has 132 valence electrons. The van der Waals surface area contributed by atoms with E-state index in [4.69, 9.17) is 5.73 Å². The number of anilines is 1. The van der Waals surface area contributed by atoms with Crippen molar-refractivity contribution in [1.29, 1.82) is 0 Å². The van der Waals surface area contributed by atoms with Crippen LogP contribution in [0.15, 0.2) is 48.7 Å². The maximum absolute atomic E-state index is 13.1. The number of nitrogens with two attached hydrogens (primary N) is 1. The number of carbonyl (C=O) groups is 1. The van der Waals surface area contributed by atoms with Gasteiger partial charge in [0.25, 0.3) is 5.91 Å². The molecule has 0 fully saturated rings. The molecule has 3 N–H and O–H groups in total. The van der Waals surface area contributed by atoms with E-state index in [-0.39, 0.29) is 17.1 Å². The van der Waals surface area contributed by atoms with Gasteiger partial charge in [-0.2, -0.15) is 0 Å². The van der Waals surface area contributed by atoms with Crippen molar-refractivity contribution in [2.24, 2.45) is 0 Å². The fourth-order valence-electron chi connectivity index (χ4n) is 3.70. The molecule has 0 spiro atoms. The lowest BCUT2D eigenvalue weighted by Gasteiger charge is -2.29. The van der Waals surface area contributed by atoms with E-state index in [1.807, 2.05) is 24.3 Å². The number of aromatic amines is 1. The minimum Gasteiger partial charge on any atom is -0.399 e. The lowest BCUT2D eigenvalue weighted by molar-refractivity contribution is 0.0801. The van der Waals surface area contributed by atoms with Crippen molar-refractivity contribution >= 4 is 28.6 Å². The minimum atomic E-state index is -0.354. The summed E-state index contributed by atoms with van der Waals surface area (Å²) in [6.45, 7) is 4.73. The Morgan fingerprint density at radius 3 is 2.65 bits per heavy atom. The number of rotatable bonds is 1. The summed E-state index contributed by atoms with van der Waals surface area (Å²) in [4.78, 5) is 18.0. The molecule has 0 bridgehead atoms. The highest BCUT2D eigenvalue weighted by atomic mass is 19.1. The van der Waals surface area contributed by atoms with Gasteiger partial charge in [-0.15, -0.1) is 0 Å². The largest absolute Gasteiger partial charge is 0.399 e. The molecule has 0 atom stereocenters. The second kappa shape index (κ2) is 5.73. The summed E-state index contributed by atoms with van der Waals surface area (Å²) >= 11 is 0. The zero-order valence-electron chi connectivity index (χ0n) is 14.7. The topological polar surface area (TPSA) is 62.1 Å². The standard InChI is InChI=1S/C21H20FN3O/c1-21(2)12-25(20(26)13-3-5-14(22)6-4-13)10-9-18-19(21)16-11-15(23)7-8-17(16)24-18/h3-11,24H,12,23H2,1-2H3. The fourth-order valence-corrected chi connectivity index (χ4v) is 3.70. The number of fused-ring (bicyclic) bond motifs is 3. The first-order chi connectivity index (χ1) is 12.3. The van der Waals surface area contributed by atoms with Crippen LogP contribution in [0.5, 0.6) is 0 Å². The fraction of sp³-hybridized carbons (Fsp3) is 0.190. The maximum atomic E-state index is 13.1. The Balaban J connectivity index is 1.76. The normalized spacial score (nSPS) is 15.7. The highest BCUT2D eigenvalue weighted by Gasteiger charge is 2.33. The number of aromatic nitrogens is 1. The molecule has 1 aromatic heterocycles. The number of carbonyl (C=O) groups excluding carboxylic acids is 1. The maximum Gasteiger partial charge on any atom is 0.257 e. The zero-order chi connectivity index (χ0) is 18.5. The van der Waals surface area contributed by atoms with Gasteiger partial charge >= 0.3 is 0 Å². The van der Waals surface area contributed by atoms with E-state index >= 15 is 0 Å². The summed E-state index contributed by atoms with van der Waals surface area (Å²) < 4.78 is 13.1. The van der Waals surface area contributed by atoms with Gasteiger partial charge in [-0.25, -0.2) is 4.39 Å². The predicted octanol–water partition coefficient (Wildman–Crippen LogP) is 4.29. The average molecular weight is 349 g/mol. The van der Waals surface area contributed by atoms with Crippen LogP contribution in [0.4, 0.5) is 10.1 Å². The van der Waals surface area contributed by atoms with Crippen LogP contribution in [-0.4, -0.2) is 22.3 Å². The number of nitrogen functional groups attached to an aromatic ring is 1. The molecule has 4 rings (SSSR count). The monoisotopic (exact) mass is 349 g/mol. The van der Waals surface area contributed by atoms with E-state index in [9.17, 15) is 9.18 Å². The van der Waals surface area contributed by atoms with Gasteiger partial charge in [0.05, 0.1) is 0 Å². The Hall–Kier alpha value is -3.08. The van der Waals surface area contributed by atoms with Crippen LogP contribution in [0.2, 0.25) is 0 Å². The van der Waals surface area contributed by atoms with Gasteiger partial charge in [-0.3, -0.25) is 4.79 Å². The Kier molecular flexibility index (Phi) is 3.61. The molecule has 0 unspecified atom stereocenters. The number of amides is 1. The van der Waals surface area contributed by atoms with Crippen molar-refractivity contribution in [3.05, 3.63) is 71.3 Å². The second-order valence-corrected chi connectivity index (χ2v) is 7.36. The number of hydrogen-bond donors (Lipinski definition) is 2. The lowest BCUT2D eigenvalue weighted by Crippen LogP contribution is -2.36. The van der Waals surface area contributed by atoms with E-state index < -0.39 is 0 Å². The van der Waals surface area contributed by atoms with Crippen molar-refractivity contribution in [3.8, 4) is 0 Å². The van der Waals surface area contributed by atoms with Crippen LogP contribution in [0.3, 0.4) is 0 Å². The summed E-state index contributed by atoms with van der Waals surface area (Å²) in [5, 5.41) is 1.07. The van der Waals surface area contributed by atoms with E-state index in [0.717, 1.165) is 22.2 Å². The molecule has 1 aliphatic rings. The molecule has 0 radical (unpaired) electrons. The molecule has 0 saturated carbocycles. The Morgan fingerprint density at radius 1 is 1.19 bits per heavy atom. The van der Waals surface area contributed by atoms with Gasteiger partial charge < -0.3 is 15.6 Å². The molecule has 1 amide bonds. The van der Waals surface area contributed by atoms with E-state index in [0.29, 0.717) is 17.8 Å². The first-order valence-corrected chi connectivity index (χ1v) is 8.51. The van der Waals surface area contributed by atoms with E-state index in [2.05, 4.69) is 18.8 Å². The molecular formula is C21H20FN3O. The third-order valence-corrected chi connectivity index (χ3v) is 4.87. The molecule has 4 nitrogen and oxygen atoms in total. The number of halogens is 1. The van der Waals surface area contributed by atoms with Crippen LogP contribution in [0.1, 0.15) is 35.5 Å². The molecule has 26 heavy (non-hydrogen) atoms. The van der Waals surface area contributed by atoms with Gasteiger partial charge in [0.2, 0.25) is 0 Å². The van der Waals surface area contributed by atoms with Gasteiger partial charge in [-0.05, 0) is 54.1 Å². The number of benzene rings is 2. The number of hydrogen-bond acceptors (Lipinski definition) is 2. The molecular weight excluding hydrogens is 329 g/mol. The van der Waals surface area contributed by atoms with Gasteiger partial charge in [0.15, 0.2) is 0 Å². The van der Waals surface area contributed by atoms with Crippen LogP contribution in [0.25, 0.3) is 17.0 Å². The summed E-state index contributed by atoms with van der Waals surface area (Å²) in [6, 6.07) is 11.5. The molecule has 0 aliphatic carbocycles. The van der Waals surface area contributed by atoms with E-state index in [1.165, 1.54) is 24.3 Å². The van der Waals surface area contributed by atoms with E-state index in [1.54, 1.807) is 11.1 Å². The number of nitrogens with zero attached hydrogens (tertiary/aromatic N) is 1. The van der Waals surface area contributed by atoms with Crippen LogP contribution >= 0.6 is 0 Å². The summed E-state index contributed by atoms with van der Waals surface area (Å²) in [6.07, 6.45) is 3.71. The molecule has 1 aliphatic heterocycles. The van der Waals surface area contributed by atoms with Crippen molar-refractivity contribution in [3.63, 3.8) is 0 Å². The summed E-state index contributed by atoms with van der Waals surface area (Å²) in [5.74, 6) is -0.504. The zero-order valence-corrected chi connectivity index (χ0v) is 14.7. The molecule has 5 heteroatoms. The SMILES string of the molecule is CC1(C)CN(C(=O)c2ccc(F)cc2)C=Cc2[nH]c3ccc(N)cc3c21. The van der Waals surface area contributed by atoms with Crippen molar-refractivity contribution < 1.29 is 9.18 Å². The van der Waals surface area contributed by atoms with Crippen LogP contribution in [-0.2, 0) is 5.41 Å². The van der Waals surface area contributed by atoms with Crippen molar-refractivity contribution in [1.82, 2.24) is 9.88 Å².